The Kier molecular flexibility index (Phi) is 5.90. The molecule has 0 aromatic heterocycles. The van der Waals surface area contributed by atoms with Crippen LogP contribution >= 0.6 is 0 Å². The molecule has 1 atom stereocenters. The molecule has 1 fully saturated rings. The van der Waals surface area contributed by atoms with E-state index in [1.54, 1.807) is 14.0 Å². The Labute approximate surface area is 126 Å². The van der Waals surface area contributed by atoms with Gasteiger partial charge in [-0.15, -0.1) is 0 Å². The molecule has 0 aliphatic heterocycles. The summed E-state index contributed by atoms with van der Waals surface area (Å²) >= 11 is 0. The maximum atomic E-state index is 12.1. The highest BCUT2D eigenvalue weighted by molar-refractivity contribution is 5.80. The largest absolute Gasteiger partial charge is 0.497 e. The highest BCUT2D eigenvalue weighted by Crippen LogP contribution is 2.23. The first-order valence-corrected chi connectivity index (χ1v) is 7.77. The molecular formula is C17H25NO3. The molecule has 1 N–H and O–H groups in total. The van der Waals surface area contributed by atoms with E-state index in [0.717, 1.165) is 12.3 Å². The van der Waals surface area contributed by atoms with Crippen LogP contribution in [0.1, 0.15) is 39.0 Å². The van der Waals surface area contributed by atoms with Crippen molar-refractivity contribution < 1.29 is 14.3 Å². The predicted molar refractivity (Wildman–Crippen MR) is 82.7 cm³/mol. The van der Waals surface area contributed by atoms with Crippen molar-refractivity contribution in [2.24, 2.45) is 5.92 Å². The van der Waals surface area contributed by atoms with Gasteiger partial charge >= 0.3 is 0 Å². The maximum absolute atomic E-state index is 12.1. The number of carbonyl (C=O) groups excluding carboxylic acids is 1. The molecule has 4 heteroatoms. The van der Waals surface area contributed by atoms with Crippen LogP contribution in [0.2, 0.25) is 0 Å². The molecule has 0 radical (unpaired) electrons. The average molecular weight is 291 g/mol. The second-order valence-electron chi connectivity index (χ2n) is 5.68. The topological polar surface area (TPSA) is 47.6 Å². The van der Waals surface area contributed by atoms with E-state index < -0.39 is 6.10 Å². The SMILES string of the molecule is COc1ccc(O[C@@H](C)C(=O)NCC2CCCCC2)cc1. The van der Waals surface area contributed by atoms with Gasteiger partial charge < -0.3 is 14.8 Å². The summed E-state index contributed by atoms with van der Waals surface area (Å²) in [5.74, 6) is 2.04. The van der Waals surface area contributed by atoms with Crippen LogP contribution in [0.5, 0.6) is 11.5 Å². The molecule has 1 amide bonds. The highest BCUT2D eigenvalue weighted by atomic mass is 16.5. The fraction of sp³-hybridized carbons (Fsp3) is 0.588. The van der Waals surface area contributed by atoms with E-state index in [9.17, 15) is 4.79 Å². The second kappa shape index (κ2) is 7.91. The molecule has 116 valence electrons. The molecule has 1 aliphatic rings. The Bertz CT molecular complexity index is 438. The van der Waals surface area contributed by atoms with Gasteiger partial charge in [0.25, 0.3) is 5.91 Å². The predicted octanol–water partition coefficient (Wildman–Crippen LogP) is 3.16. The third-order valence-electron chi connectivity index (χ3n) is 4.03. The summed E-state index contributed by atoms with van der Waals surface area (Å²) in [6.45, 7) is 2.55. The normalized spacial score (nSPS) is 17.0. The van der Waals surface area contributed by atoms with Crippen molar-refractivity contribution in [1.82, 2.24) is 5.32 Å². The lowest BCUT2D eigenvalue weighted by Crippen LogP contribution is -2.39. The molecule has 1 aromatic rings. The van der Waals surface area contributed by atoms with E-state index in [0.29, 0.717) is 11.7 Å². The fourth-order valence-corrected chi connectivity index (χ4v) is 2.69. The van der Waals surface area contributed by atoms with Gasteiger partial charge in [-0.3, -0.25) is 4.79 Å². The van der Waals surface area contributed by atoms with Gasteiger partial charge in [0.2, 0.25) is 0 Å². The third-order valence-corrected chi connectivity index (χ3v) is 4.03. The van der Waals surface area contributed by atoms with Gasteiger partial charge in [-0.2, -0.15) is 0 Å². The third kappa shape index (κ3) is 4.96. The van der Waals surface area contributed by atoms with E-state index in [4.69, 9.17) is 9.47 Å². The molecule has 1 aromatic carbocycles. The summed E-state index contributed by atoms with van der Waals surface area (Å²) < 4.78 is 10.7. The van der Waals surface area contributed by atoms with Crippen molar-refractivity contribution in [3.05, 3.63) is 24.3 Å². The van der Waals surface area contributed by atoms with E-state index in [1.165, 1.54) is 32.1 Å². The van der Waals surface area contributed by atoms with Crippen LogP contribution in [0.4, 0.5) is 0 Å². The van der Waals surface area contributed by atoms with Gasteiger partial charge in [0.1, 0.15) is 11.5 Å². The van der Waals surface area contributed by atoms with E-state index in [1.807, 2.05) is 24.3 Å². The van der Waals surface area contributed by atoms with Gasteiger partial charge in [-0.25, -0.2) is 0 Å². The van der Waals surface area contributed by atoms with E-state index in [-0.39, 0.29) is 5.91 Å². The minimum absolute atomic E-state index is 0.0450. The number of ether oxygens (including phenoxy) is 2. The summed E-state index contributed by atoms with van der Waals surface area (Å²) in [6.07, 6.45) is 5.89. The summed E-state index contributed by atoms with van der Waals surface area (Å²) in [6, 6.07) is 7.26. The number of hydrogen-bond donors (Lipinski definition) is 1. The van der Waals surface area contributed by atoms with Gasteiger partial charge in [-0.1, -0.05) is 19.3 Å². The summed E-state index contributed by atoms with van der Waals surface area (Å²) in [4.78, 5) is 12.1. The Hall–Kier alpha value is -1.71. The quantitative estimate of drug-likeness (QED) is 0.876. The average Bonchev–Trinajstić information content (AvgIpc) is 2.54. The Morgan fingerprint density at radius 1 is 1.19 bits per heavy atom. The molecule has 0 saturated heterocycles. The molecule has 4 nitrogen and oxygen atoms in total. The lowest BCUT2D eigenvalue weighted by atomic mass is 9.89. The second-order valence-corrected chi connectivity index (χ2v) is 5.68. The monoisotopic (exact) mass is 291 g/mol. The highest BCUT2D eigenvalue weighted by Gasteiger charge is 2.18. The van der Waals surface area contributed by atoms with Crippen LogP contribution < -0.4 is 14.8 Å². The lowest BCUT2D eigenvalue weighted by Gasteiger charge is -2.23. The van der Waals surface area contributed by atoms with Gasteiger partial charge in [-0.05, 0) is 49.9 Å². The first-order chi connectivity index (χ1) is 10.2. The van der Waals surface area contributed by atoms with Crippen molar-refractivity contribution in [3.8, 4) is 11.5 Å². The van der Waals surface area contributed by atoms with E-state index >= 15 is 0 Å². The van der Waals surface area contributed by atoms with Crippen LogP contribution in [0.3, 0.4) is 0 Å². The maximum Gasteiger partial charge on any atom is 0.260 e. The molecule has 0 heterocycles. The number of carbonyl (C=O) groups is 1. The van der Waals surface area contributed by atoms with Crippen LogP contribution in [0.15, 0.2) is 24.3 Å². The Balaban J connectivity index is 1.75. The molecular weight excluding hydrogens is 266 g/mol. The zero-order valence-electron chi connectivity index (χ0n) is 12.9. The van der Waals surface area contributed by atoms with Crippen LogP contribution in [-0.4, -0.2) is 25.7 Å². The number of hydrogen-bond acceptors (Lipinski definition) is 3. The number of rotatable bonds is 6. The minimum Gasteiger partial charge on any atom is -0.497 e. The molecule has 0 spiro atoms. The van der Waals surface area contributed by atoms with Gasteiger partial charge in [0.15, 0.2) is 6.10 Å². The van der Waals surface area contributed by atoms with Crippen molar-refractivity contribution in [3.63, 3.8) is 0 Å². The number of methoxy groups -OCH3 is 1. The number of nitrogens with one attached hydrogen (secondary N) is 1. The minimum atomic E-state index is -0.484. The molecule has 1 saturated carbocycles. The zero-order valence-corrected chi connectivity index (χ0v) is 12.9. The molecule has 1 aliphatic carbocycles. The number of amides is 1. The van der Waals surface area contributed by atoms with Gasteiger partial charge in [0.05, 0.1) is 7.11 Å². The zero-order chi connectivity index (χ0) is 15.1. The van der Waals surface area contributed by atoms with Crippen molar-refractivity contribution in [1.29, 1.82) is 0 Å². The molecule has 0 bridgehead atoms. The van der Waals surface area contributed by atoms with E-state index in [2.05, 4.69) is 5.32 Å². The number of benzene rings is 1. The van der Waals surface area contributed by atoms with Crippen LogP contribution in [-0.2, 0) is 4.79 Å². The molecule has 0 unspecified atom stereocenters. The smallest absolute Gasteiger partial charge is 0.260 e. The molecule has 21 heavy (non-hydrogen) atoms. The summed E-state index contributed by atoms with van der Waals surface area (Å²) in [5, 5.41) is 3.01. The molecule has 2 rings (SSSR count). The summed E-state index contributed by atoms with van der Waals surface area (Å²) in [5.41, 5.74) is 0. The standard InChI is InChI=1S/C17H25NO3/c1-13(21-16-10-8-15(20-2)9-11-16)17(19)18-12-14-6-4-3-5-7-14/h8-11,13-14H,3-7,12H2,1-2H3,(H,18,19)/t13-/m0/s1. The Morgan fingerprint density at radius 3 is 2.43 bits per heavy atom. The van der Waals surface area contributed by atoms with Crippen LogP contribution in [0.25, 0.3) is 0 Å². The summed E-state index contributed by atoms with van der Waals surface area (Å²) in [7, 11) is 1.62. The Morgan fingerprint density at radius 2 is 1.81 bits per heavy atom. The first-order valence-electron chi connectivity index (χ1n) is 7.77. The van der Waals surface area contributed by atoms with Gasteiger partial charge in [0, 0.05) is 6.54 Å². The van der Waals surface area contributed by atoms with Crippen molar-refractivity contribution in [2.45, 2.75) is 45.1 Å². The van der Waals surface area contributed by atoms with Crippen molar-refractivity contribution >= 4 is 5.91 Å². The first kappa shape index (κ1) is 15.7. The fourth-order valence-electron chi connectivity index (χ4n) is 2.69. The van der Waals surface area contributed by atoms with Crippen LogP contribution in [0, 0.1) is 5.92 Å². The van der Waals surface area contributed by atoms with Crippen molar-refractivity contribution in [2.75, 3.05) is 13.7 Å². The lowest BCUT2D eigenvalue weighted by molar-refractivity contribution is -0.127.